The van der Waals surface area contributed by atoms with E-state index in [1.807, 2.05) is 24.3 Å². The molecule has 0 aromatic heterocycles. The molecule has 0 radical (unpaired) electrons. The van der Waals surface area contributed by atoms with Gasteiger partial charge in [0, 0.05) is 17.9 Å². The first-order valence-corrected chi connectivity index (χ1v) is 11.0. The first kappa shape index (κ1) is 19.7. The minimum atomic E-state index is -3.40. The second-order valence-electron chi connectivity index (χ2n) is 8.65. The molecule has 0 amide bonds. The number of hydrogen-bond donors (Lipinski definition) is 2. The second-order valence-corrected chi connectivity index (χ2v) is 11.1. The van der Waals surface area contributed by atoms with Gasteiger partial charge in [-0.3, -0.25) is 4.72 Å². The van der Waals surface area contributed by atoms with Crippen molar-refractivity contribution in [1.29, 1.82) is 0 Å². The Balaban J connectivity index is 1.62. The summed E-state index contributed by atoms with van der Waals surface area (Å²) in [6.45, 7) is 10.4. The van der Waals surface area contributed by atoms with Crippen LogP contribution in [0, 0.1) is 5.92 Å². The first-order valence-electron chi connectivity index (χ1n) is 9.55. The van der Waals surface area contributed by atoms with Crippen molar-refractivity contribution in [3.63, 3.8) is 0 Å². The molecular weight excluding hydrogens is 356 g/mol. The SMILES string of the molecule is CC1Cc2cc(NCc3ccc(NS(=O)(=O)C(C)(C)C)cc3)ccc2C1C. The summed E-state index contributed by atoms with van der Waals surface area (Å²) in [7, 11) is -3.40. The zero-order valence-corrected chi connectivity index (χ0v) is 17.7. The molecule has 2 aromatic rings. The monoisotopic (exact) mass is 386 g/mol. The molecule has 0 saturated carbocycles. The summed E-state index contributed by atoms with van der Waals surface area (Å²) in [6.07, 6.45) is 1.15. The molecule has 2 aromatic carbocycles. The molecular formula is C22H30N2O2S. The maximum absolute atomic E-state index is 12.2. The van der Waals surface area contributed by atoms with Crippen LogP contribution in [-0.4, -0.2) is 13.2 Å². The highest BCUT2D eigenvalue weighted by atomic mass is 32.2. The Morgan fingerprint density at radius 3 is 2.26 bits per heavy atom. The van der Waals surface area contributed by atoms with Crippen LogP contribution in [0.5, 0.6) is 0 Å². The number of sulfonamides is 1. The molecule has 5 heteroatoms. The number of anilines is 2. The van der Waals surface area contributed by atoms with Crippen molar-refractivity contribution < 1.29 is 8.42 Å². The van der Waals surface area contributed by atoms with E-state index in [2.05, 4.69) is 42.1 Å². The fourth-order valence-corrected chi connectivity index (χ4v) is 4.12. The fourth-order valence-electron chi connectivity index (χ4n) is 3.37. The average molecular weight is 387 g/mol. The van der Waals surface area contributed by atoms with Crippen molar-refractivity contribution in [3.05, 3.63) is 59.2 Å². The van der Waals surface area contributed by atoms with Crippen LogP contribution in [0.1, 0.15) is 57.2 Å². The van der Waals surface area contributed by atoms with E-state index < -0.39 is 14.8 Å². The quantitative estimate of drug-likeness (QED) is 0.748. The molecule has 0 fully saturated rings. The van der Waals surface area contributed by atoms with Crippen LogP contribution in [0.3, 0.4) is 0 Å². The van der Waals surface area contributed by atoms with Gasteiger partial charge in [-0.05, 0) is 80.0 Å². The van der Waals surface area contributed by atoms with E-state index in [9.17, 15) is 8.42 Å². The highest BCUT2D eigenvalue weighted by molar-refractivity contribution is 7.94. The van der Waals surface area contributed by atoms with Gasteiger partial charge in [0.2, 0.25) is 10.0 Å². The summed E-state index contributed by atoms with van der Waals surface area (Å²) in [6, 6.07) is 14.2. The molecule has 27 heavy (non-hydrogen) atoms. The normalized spacial score (nSPS) is 19.6. The molecule has 0 heterocycles. The molecule has 0 saturated heterocycles. The smallest absolute Gasteiger partial charge is 0.237 e. The molecule has 0 bridgehead atoms. The molecule has 4 nitrogen and oxygen atoms in total. The van der Waals surface area contributed by atoms with Gasteiger partial charge in [-0.15, -0.1) is 0 Å². The van der Waals surface area contributed by atoms with Gasteiger partial charge in [0.05, 0.1) is 4.75 Å². The Kier molecular flexibility index (Phi) is 5.26. The largest absolute Gasteiger partial charge is 0.381 e. The Labute approximate surface area is 163 Å². The van der Waals surface area contributed by atoms with E-state index in [1.54, 1.807) is 20.8 Å². The van der Waals surface area contributed by atoms with E-state index >= 15 is 0 Å². The van der Waals surface area contributed by atoms with Gasteiger partial charge in [0.15, 0.2) is 0 Å². The standard InChI is InChI=1S/C22H30N2O2S/c1-15-12-18-13-20(10-11-21(18)16(15)2)23-14-17-6-8-19(9-7-17)24-27(25,26)22(3,4)5/h6-11,13,15-16,23-24H,12,14H2,1-5H3. The van der Waals surface area contributed by atoms with Crippen LogP contribution in [-0.2, 0) is 23.0 Å². The summed E-state index contributed by atoms with van der Waals surface area (Å²) in [5.74, 6) is 1.35. The highest BCUT2D eigenvalue weighted by Crippen LogP contribution is 2.38. The maximum Gasteiger partial charge on any atom is 0.237 e. The van der Waals surface area contributed by atoms with E-state index in [4.69, 9.17) is 0 Å². The number of benzene rings is 2. The van der Waals surface area contributed by atoms with Crippen LogP contribution in [0.2, 0.25) is 0 Å². The summed E-state index contributed by atoms with van der Waals surface area (Å²) in [5.41, 5.74) is 5.76. The summed E-state index contributed by atoms with van der Waals surface area (Å²) in [4.78, 5) is 0. The van der Waals surface area contributed by atoms with Crippen molar-refractivity contribution in [2.75, 3.05) is 10.0 Å². The third-order valence-corrected chi connectivity index (χ3v) is 7.65. The molecule has 146 valence electrons. The molecule has 1 aliphatic rings. The Morgan fingerprint density at radius 1 is 1.00 bits per heavy atom. The zero-order chi connectivity index (χ0) is 19.8. The fraction of sp³-hybridized carbons (Fsp3) is 0.455. The van der Waals surface area contributed by atoms with E-state index in [0.717, 1.165) is 17.7 Å². The Morgan fingerprint density at radius 2 is 1.63 bits per heavy atom. The lowest BCUT2D eigenvalue weighted by molar-refractivity contribution is 0.532. The topological polar surface area (TPSA) is 58.2 Å². The van der Waals surface area contributed by atoms with Gasteiger partial charge in [0.1, 0.15) is 0 Å². The van der Waals surface area contributed by atoms with Gasteiger partial charge in [-0.1, -0.05) is 32.0 Å². The molecule has 2 unspecified atom stereocenters. The van der Waals surface area contributed by atoms with Crippen molar-refractivity contribution in [3.8, 4) is 0 Å². The van der Waals surface area contributed by atoms with Gasteiger partial charge in [-0.2, -0.15) is 0 Å². The summed E-state index contributed by atoms with van der Waals surface area (Å²) in [5, 5.41) is 3.47. The van der Waals surface area contributed by atoms with Crippen LogP contribution in [0.25, 0.3) is 0 Å². The number of nitrogens with one attached hydrogen (secondary N) is 2. The first-order chi connectivity index (χ1) is 12.6. The van der Waals surface area contributed by atoms with Crippen molar-refractivity contribution in [2.24, 2.45) is 5.92 Å². The van der Waals surface area contributed by atoms with Gasteiger partial charge in [-0.25, -0.2) is 8.42 Å². The Bertz CT molecular complexity index is 912. The highest BCUT2D eigenvalue weighted by Gasteiger charge is 2.29. The lowest BCUT2D eigenvalue weighted by Crippen LogP contribution is -2.33. The number of fused-ring (bicyclic) bond motifs is 1. The van der Waals surface area contributed by atoms with Gasteiger partial charge < -0.3 is 5.32 Å². The molecule has 2 atom stereocenters. The third-order valence-electron chi connectivity index (χ3n) is 5.54. The molecule has 1 aliphatic carbocycles. The molecule has 0 spiro atoms. The van der Waals surface area contributed by atoms with Gasteiger partial charge >= 0.3 is 0 Å². The van der Waals surface area contributed by atoms with Crippen molar-refractivity contribution in [1.82, 2.24) is 0 Å². The molecule has 2 N–H and O–H groups in total. The van der Waals surface area contributed by atoms with Crippen LogP contribution >= 0.6 is 0 Å². The maximum atomic E-state index is 12.2. The van der Waals surface area contributed by atoms with Crippen molar-refractivity contribution >= 4 is 21.4 Å². The summed E-state index contributed by atoms with van der Waals surface area (Å²) < 4.78 is 26.3. The third kappa shape index (κ3) is 4.29. The van der Waals surface area contributed by atoms with Crippen LogP contribution < -0.4 is 10.0 Å². The van der Waals surface area contributed by atoms with Gasteiger partial charge in [0.25, 0.3) is 0 Å². The molecule has 3 rings (SSSR count). The minimum absolute atomic E-state index is 0.592. The van der Waals surface area contributed by atoms with Crippen LogP contribution in [0.15, 0.2) is 42.5 Å². The van der Waals surface area contributed by atoms with E-state index in [1.165, 1.54) is 11.1 Å². The number of rotatable bonds is 5. The number of hydrogen-bond acceptors (Lipinski definition) is 3. The predicted molar refractivity (Wildman–Crippen MR) is 114 cm³/mol. The zero-order valence-electron chi connectivity index (χ0n) is 16.8. The predicted octanol–water partition coefficient (Wildman–Crippen LogP) is 5.13. The van der Waals surface area contributed by atoms with E-state index in [0.29, 0.717) is 24.1 Å². The lowest BCUT2D eigenvalue weighted by atomic mass is 9.97. The summed E-state index contributed by atoms with van der Waals surface area (Å²) >= 11 is 0. The second kappa shape index (κ2) is 7.19. The lowest BCUT2D eigenvalue weighted by Gasteiger charge is -2.20. The van der Waals surface area contributed by atoms with Crippen LogP contribution in [0.4, 0.5) is 11.4 Å². The van der Waals surface area contributed by atoms with E-state index in [-0.39, 0.29) is 0 Å². The van der Waals surface area contributed by atoms with Crippen molar-refractivity contribution in [2.45, 2.75) is 58.2 Å². The average Bonchev–Trinajstić information content (AvgIpc) is 2.87. The Hall–Kier alpha value is -2.01. The minimum Gasteiger partial charge on any atom is -0.381 e. The molecule has 0 aliphatic heterocycles.